The Bertz CT molecular complexity index is 1470. The lowest BCUT2D eigenvalue weighted by atomic mass is 10.2. The van der Waals surface area contributed by atoms with Crippen molar-refractivity contribution in [3.8, 4) is 5.75 Å². The molecule has 0 aliphatic heterocycles. The maximum absolute atomic E-state index is 14.1. The van der Waals surface area contributed by atoms with Crippen molar-refractivity contribution in [3.63, 3.8) is 0 Å². The maximum atomic E-state index is 14.1. The van der Waals surface area contributed by atoms with Crippen molar-refractivity contribution >= 4 is 40.1 Å². The van der Waals surface area contributed by atoms with Crippen LogP contribution in [0.15, 0.2) is 65.7 Å². The molecule has 4 rings (SSSR count). The second-order valence-electron chi connectivity index (χ2n) is 7.27. The molecular formula is C24H20FN5O5. The van der Waals surface area contributed by atoms with Crippen molar-refractivity contribution in [2.75, 3.05) is 24.9 Å². The number of benzene rings is 2. The van der Waals surface area contributed by atoms with Crippen LogP contribution in [-0.4, -0.2) is 40.6 Å². The zero-order valence-corrected chi connectivity index (χ0v) is 18.7. The van der Waals surface area contributed by atoms with Gasteiger partial charge < -0.3 is 20.1 Å². The Balaban J connectivity index is 1.82. The van der Waals surface area contributed by atoms with E-state index in [0.717, 1.165) is 10.6 Å². The average Bonchev–Trinajstić information content (AvgIpc) is 2.87. The monoisotopic (exact) mass is 477 g/mol. The van der Waals surface area contributed by atoms with Crippen LogP contribution in [0.1, 0.15) is 10.4 Å². The van der Waals surface area contributed by atoms with Crippen molar-refractivity contribution in [2.45, 2.75) is 6.54 Å². The number of esters is 1. The fraction of sp³-hybridized carbons (Fsp3) is 0.125. The number of rotatable bonds is 7. The summed E-state index contributed by atoms with van der Waals surface area (Å²) in [5, 5.41) is 5.88. The summed E-state index contributed by atoms with van der Waals surface area (Å²) in [6.07, 6.45) is 1.24. The average molecular weight is 477 g/mol. The molecule has 4 aromatic rings. The minimum Gasteiger partial charge on any atom is -0.497 e. The van der Waals surface area contributed by atoms with Gasteiger partial charge in [-0.15, -0.1) is 0 Å². The standard InChI is InChI=1S/C24H20FN5O5/c1-34-15-9-7-14(8-10-15)28-21-17-11-19(29-23(32)16-5-3-4-6-18(16)25)24(33)30(12-20(31)35-2)22(17)27-13-26-21/h3-11,13H,12H2,1-2H3,(H,29,32)(H,26,27,28). The lowest BCUT2D eigenvalue weighted by Gasteiger charge is -2.15. The third-order valence-corrected chi connectivity index (χ3v) is 5.12. The molecule has 178 valence electrons. The number of halogens is 1. The molecule has 0 saturated carbocycles. The van der Waals surface area contributed by atoms with Crippen LogP contribution in [0, 0.1) is 5.82 Å². The largest absolute Gasteiger partial charge is 0.497 e. The third-order valence-electron chi connectivity index (χ3n) is 5.12. The van der Waals surface area contributed by atoms with Crippen molar-refractivity contribution in [1.29, 1.82) is 0 Å². The van der Waals surface area contributed by atoms with Crippen LogP contribution in [0.3, 0.4) is 0 Å². The number of fused-ring (bicyclic) bond motifs is 1. The normalized spacial score (nSPS) is 10.6. The topological polar surface area (TPSA) is 124 Å². The Labute approximate surface area is 198 Å². The first-order valence-electron chi connectivity index (χ1n) is 10.3. The number of methoxy groups -OCH3 is 2. The number of nitrogens with zero attached hydrogens (tertiary/aromatic N) is 3. The molecule has 0 aliphatic rings. The van der Waals surface area contributed by atoms with Gasteiger partial charge in [-0.25, -0.2) is 14.4 Å². The molecule has 1 amide bonds. The Kier molecular flexibility index (Phi) is 6.67. The Morgan fingerprint density at radius 3 is 2.49 bits per heavy atom. The van der Waals surface area contributed by atoms with E-state index in [1.807, 2.05) is 0 Å². The molecular weight excluding hydrogens is 457 g/mol. The molecule has 2 N–H and O–H groups in total. The minimum absolute atomic E-state index is 0.135. The lowest BCUT2D eigenvalue weighted by molar-refractivity contribution is -0.141. The van der Waals surface area contributed by atoms with Gasteiger partial charge in [-0.05, 0) is 42.5 Å². The highest BCUT2D eigenvalue weighted by Crippen LogP contribution is 2.26. The number of ether oxygens (including phenoxy) is 2. The maximum Gasteiger partial charge on any atom is 0.325 e. The minimum atomic E-state index is -0.828. The second kappa shape index (κ2) is 10.00. The summed E-state index contributed by atoms with van der Waals surface area (Å²) in [7, 11) is 2.74. The zero-order chi connectivity index (χ0) is 24.9. The SMILES string of the molecule is COC(=O)Cn1c(=O)c(NC(=O)c2ccccc2F)cc2c(Nc3ccc(OC)cc3)ncnc21. The van der Waals surface area contributed by atoms with E-state index in [1.54, 1.807) is 31.4 Å². The van der Waals surface area contributed by atoms with Gasteiger partial charge in [0, 0.05) is 5.69 Å². The lowest BCUT2D eigenvalue weighted by Crippen LogP contribution is -2.30. The van der Waals surface area contributed by atoms with E-state index in [0.29, 0.717) is 22.6 Å². The molecule has 10 nitrogen and oxygen atoms in total. The Hall–Kier alpha value is -4.80. The quantitative estimate of drug-likeness (QED) is 0.389. The zero-order valence-electron chi connectivity index (χ0n) is 18.7. The molecule has 2 aromatic heterocycles. The molecule has 35 heavy (non-hydrogen) atoms. The molecule has 0 bridgehead atoms. The number of pyridine rings is 1. The highest BCUT2D eigenvalue weighted by Gasteiger charge is 2.19. The van der Waals surface area contributed by atoms with Gasteiger partial charge in [-0.3, -0.25) is 19.0 Å². The highest BCUT2D eigenvalue weighted by atomic mass is 19.1. The third kappa shape index (κ3) is 4.93. The van der Waals surface area contributed by atoms with Gasteiger partial charge in [0.15, 0.2) is 0 Å². The van der Waals surface area contributed by atoms with Gasteiger partial charge in [0.1, 0.15) is 41.6 Å². The van der Waals surface area contributed by atoms with Crippen LogP contribution in [-0.2, 0) is 16.1 Å². The number of carbonyl (C=O) groups is 2. The fourth-order valence-electron chi connectivity index (χ4n) is 3.36. The number of hydrogen-bond donors (Lipinski definition) is 2. The molecule has 0 aliphatic carbocycles. The summed E-state index contributed by atoms with van der Waals surface area (Å²) in [5.41, 5.74) is -0.361. The molecule has 0 spiro atoms. The molecule has 2 heterocycles. The Morgan fingerprint density at radius 1 is 1.06 bits per heavy atom. The fourth-order valence-corrected chi connectivity index (χ4v) is 3.36. The molecule has 0 fully saturated rings. The summed E-state index contributed by atoms with van der Waals surface area (Å²) >= 11 is 0. The summed E-state index contributed by atoms with van der Waals surface area (Å²) in [5.74, 6) is -1.31. The number of carbonyl (C=O) groups excluding carboxylic acids is 2. The number of aromatic nitrogens is 3. The van der Waals surface area contributed by atoms with Crippen molar-refractivity contribution < 1.29 is 23.5 Å². The highest BCUT2D eigenvalue weighted by molar-refractivity contribution is 6.05. The number of amides is 1. The molecule has 2 aromatic carbocycles. The van der Waals surface area contributed by atoms with Gasteiger partial charge in [0.2, 0.25) is 0 Å². The van der Waals surface area contributed by atoms with Crippen molar-refractivity contribution in [2.24, 2.45) is 0 Å². The van der Waals surface area contributed by atoms with Crippen LogP contribution in [0.2, 0.25) is 0 Å². The van der Waals surface area contributed by atoms with Gasteiger partial charge in [-0.1, -0.05) is 12.1 Å². The van der Waals surface area contributed by atoms with Crippen molar-refractivity contribution in [1.82, 2.24) is 14.5 Å². The Morgan fingerprint density at radius 2 is 1.80 bits per heavy atom. The van der Waals surface area contributed by atoms with Gasteiger partial charge in [0.05, 0.1) is 25.2 Å². The van der Waals surface area contributed by atoms with Crippen LogP contribution in [0.25, 0.3) is 11.0 Å². The smallest absolute Gasteiger partial charge is 0.325 e. The van der Waals surface area contributed by atoms with E-state index >= 15 is 0 Å². The summed E-state index contributed by atoms with van der Waals surface area (Å²) in [4.78, 5) is 46.3. The van der Waals surface area contributed by atoms with Gasteiger partial charge in [-0.2, -0.15) is 0 Å². The second-order valence-corrected chi connectivity index (χ2v) is 7.27. The van der Waals surface area contributed by atoms with E-state index in [9.17, 15) is 18.8 Å². The van der Waals surface area contributed by atoms with Crippen molar-refractivity contribution in [3.05, 3.63) is 82.7 Å². The number of anilines is 3. The number of hydrogen-bond acceptors (Lipinski definition) is 8. The van der Waals surface area contributed by atoms with E-state index in [-0.39, 0.29) is 16.9 Å². The summed E-state index contributed by atoms with van der Waals surface area (Å²) in [6.45, 7) is -0.464. The molecule has 0 atom stereocenters. The van der Waals surface area contributed by atoms with Crippen LogP contribution >= 0.6 is 0 Å². The van der Waals surface area contributed by atoms with E-state index in [1.165, 1.54) is 37.7 Å². The first kappa shape index (κ1) is 23.4. The number of nitrogens with one attached hydrogen (secondary N) is 2. The molecule has 0 radical (unpaired) electrons. The first-order chi connectivity index (χ1) is 16.9. The van der Waals surface area contributed by atoms with Crippen LogP contribution in [0.5, 0.6) is 5.75 Å². The van der Waals surface area contributed by atoms with Gasteiger partial charge >= 0.3 is 5.97 Å². The predicted molar refractivity (Wildman–Crippen MR) is 126 cm³/mol. The molecule has 0 unspecified atom stereocenters. The van der Waals surface area contributed by atoms with E-state index < -0.39 is 29.8 Å². The molecule has 0 saturated heterocycles. The summed E-state index contributed by atoms with van der Waals surface area (Å²) in [6, 6.07) is 13.8. The van der Waals surface area contributed by atoms with Crippen LogP contribution < -0.4 is 20.9 Å². The van der Waals surface area contributed by atoms with E-state index in [4.69, 9.17) is 9.47 Å². The van der Waals surface area contributed by atoms with Crippen LogP contribution in [0.4, 0.5) is 21.6 Å². The van der Waals surface area contributed by atoms with Gasteiger partial charge in [0.25, 0.3) is 11.5 Å². The summed E-state index contributed by atoms with van der Waals surface area (Å²) < 4.78 is 25.0. The predicted octanol–water partition coefficient (Wildman–Crippen LogP) is 3.11. The van der Waals surface area contributed by atoms with E-state index in [2.05, 4.69) is 20.6 Å². The first-order valence-corrected chi connectivity index (χ1v) is 10.3. The molecule has 11 heteroatoms.